The Bertz CT molecular complexity index is 833. The minimum atomic E-state index is -4.29. The second-order valence-electron chi connectivity index (χ2n) is 12.9. The van der Waals surface area contributed by atoms with Gasteiger partial charge in [0, 0.05) is 13.0 Å². The molecule has 0 saturated heterocycles. The van der Waals surface area contributed by atoms with E-state index in [1.165, 1.54) is 96.3 Å². The Kier molecular flexibility index (Phi) is 35.7. The molecule has 0 aromatic carbocycles. The second-order valence-corrected chi connectivity index (χ2v) is 14.3. The number of unbranched alkanes of at least 4 members (excludes halogenated alkanes) is 21. The van der Waals surface area contributed by atoms with Crippen LogP contribution in [0.5, 0.6) is 0 Å². The molecule has 2 atom stereocenters. The van der Waals surface area contributed by atoms with Gasteiger partial charge in [-0.2, -0.15) is 0 Å². The van der Waals surface area contributed by atoms with Crippen molar-refractivity contribution >= 4 is 13.8 Å². The van der Waals surface area contributed by atoms with Gasteiger partial charge in [-0.15, -0.1) is 0 Å². The van der Waals surface area contributed by atoms with Gasteiger partial charge in [0.25, 0.3) is 0 Å². The zero-order valence-corrected chi connectivity index (χ0v) is 31.9. The third-order valence-electron chi connectivity index (χ3n) is 8.15. The van der Waals surface area contributed by atoms with E-state index in [1.54, 1.807) is 6.26 Å². The highest BCUT2D eigenvalue weighted by Crippen LogP contribution is 2.43. The van der Waals surface area contributed by atoms with E-state index >= 15 is 0 Å². The molecule has 0 aromatic heterocycles. The highest BCUT2D eigenvalue weighted by atomic mass is 31.2. The van der Waals surface area contributed by atoms with Crippen molar-refractivity contribution in [3.8, 4) is 0 Å². The molecule has 8 nitrogen and oxygen atoms in total. The maximum absolute atomic E-state index is 12.5. The van der Waals surface area contributed by atoms with Crippen molar-refractivity contribution in [2.45, 2.75) is 180 Å². The quantitative estimate of drug-likeness (QED) is 0.0216. The Balaban J connectivity index is 4.17. The number of allylic oxidation sites excluding steroid dienone is 5. The van der Waals surface area contributed by atoms with Crippen molar-refractivity contribution in [3.05, 3.63) is 36.6 Å². The fourth-order valence-electron chi connectivity index (χ4n) is 5.25. The second kappa shape index (κ2) is 36.8. The number of carbonyl (C=O) groups excluding carboxylic acids is 1. The van der Waals surface area contributed by atoms with Gasteiger partial charge in [-0.25, -0.2) is 4.57 Å². The highest BCUT2D eigenvalue weighted by Gasteiger charge is 2.25. The van der Waals surface area contributed by atoms with Crippen molar-refractivity contribution in [1.29, 1.82) is 0 Å². The summed E-state index contributed by atoms with van der Waals surface area (Å²) in [5.41, 5.74) is 5.35. The van der Waals surface area contributed by atoms with E-state index in [0.717, 1.165) is 57.8 Å². The average Bonchev–Trinajstić information content (AvgIpc) is 3.07. The molecule has 0 aliphatic heterocycles. The van der Waals surface area contributed by atoms with Crippen LogP contribution in [0.1, 0.15) is 174 Å². The van der Waals surface area contributed by atoms with Crippen molar-refractivity contribution in [2.24, 2.45) is 5.73 Å². The van der Waals surface area contributed by atoms with Crippen LogP contribution in [0, 0.1) is 0 Å². The van der Waals surface area contributed by atoms with Gasteiger partial charge in [0.2, 0.25) is 0 Å². The molecule has 0 aliphatic carbocycles. The number of esters is 1. The lowest BCUT2D eigenvalue weighted by Crippen LogP contribution is -2.27. The molecule has 0 bridgehead atoms. The van der Waals surface area contributed by atoms with E-state index in [1.807, 2.05) is 6.08 Å². The fraction of sp³-hybridized carbons (Fsp3) is 0.821. The number of nitrogens with two attached hydrogens (primary N) is 1. The molecule has 0 rings (SSSR count). The monoisotopic (exact) mass is 700 g/mol. The molecule has 1 unspecified atom stereocenters. The Morgan fingerprint density at radius 1 is 0.646 bits per heavy atom. The molecule has 0 heterocycles. The summed E-state index contributed by atoms with van der Waals surface area (Å²) in [4.78, 5) is 22.4. The molecule has 0 aromatic rings. The van der Waals surface area contributed by atoms with Crippen molar-refractivity contribution in [3.63, 3.8) is 0 Å². The van der Waals surface area contributed by atoms with Gasteiger partial charge in [0.15, 0.2) is 6.10 Å². The van der Waals surface area contributed by atoms with E-state index in [0.29, 0.717) is 0 Å². The maximum Gasteiger partial charge on any atom is 0.472 e. The van der Waals surface area contributed by atoms with Gasteiger partial charge in [-0.05, 0) is 51.0 Å². The summed E-state index contributed by atoms with van der Waals surface area (Å²) in [5.74, 6) is -0.368. The Labute approximate surface area is 295 Å². The average molecular weight is 700 g/mol. The minimum absolute atomic E-state index is 0.0269. The lowest BCUT2D eigenvalue weighted by atomic mass is 10.0. The van der Waals surface area contributed by atoms with Crippen LogP contribution in [0.3, 0.4) is 0 Å². The smallest absolute Gasteiger partial charge is 0.472 e. The van der Waals surface area contributed by atoms with Crippen LogP contribution in [0.25, 0.3) is 0 Å². The Hall–Kier alpha value is -1.44. The van der Waals surface area contributed by atoms with Gasteiger partial charge < -0.3 is 20.1 Å². The molecule has 0 radical (unpaired) electrons. The molecule has 0 aliphatic rings. The maximum atomic E-state index is 12.5. The van der Waals surface area contributed by atoms with E-state index in [2.05, 4.69) is 38.2 Å². The van der Waals surface area contributed by atoms with Gasteiger partial charge in [0.05, 0.1) is 19.5 Å². The number of rotatable bonds is 37. The van der Waals surface area contributed by atoms with Crippen LogP contribution in [0.15, 0.2) is 36.6 Å². The molecule has 0 fully saturated rings. The van der Waals surface area contributed by atoms with E-state index in [9.17, 15) is 14.3 Å². The van der Waals surface area contributed by atoms with E-state index in [-0.39, 0.29) is 38.8 Å². The summed E-state index contributed by atoms with van der Waals surface area (Å²) in [7, 11) is -4.29. The number of hydrogen-bond acceptors (Lipinski definition) is 7. The van der Waals surface area contributed by atoms with E-state index in [4.69, 9.17) is 24.3 Å². The summed E-state index contributed by atoms with van der Waals surface area (Å²) >= 11 is 0. The lowest BCUT2D eigenvalue weighted by Gasteiger charge is -2.19. The molecule has 0 spiro atoms. The van der Waals surface area contributed by atoms with Crippen LogP contribution in [-0.4, -0.2) is 43.3 Å². The van der Waals surface area contributed by atoms with Crippen LogP contribution in [0.2, 0.25) is 0 Å². The standard InChI is InChI=1S/C39H74NO7P/c1-3-5-7-9-11-13-15-17-19-20-22-24-26-28-30-32-39(41)47-38(37-46-48(42,43)45-35-33-40)36-44-34-31-29-27-25-23-21-18-16-14-12-10-8-6-4-2/h13,15,17,19,31,34,38H,3-12,14,16,18,20-30,32-33,35-37,40H2,1-2H3,(H,42,43)/b15-13+,19-17+,34-31+/t38-/m1/s1. The summed E-state index contributed by atoms with van der Waals surface area (Å²) in [6, 6.07) is 0. The van der Waals surface area contributed by atoms with Gasteiger partial charge in [-0.3, -0.25) is 13.8 Å². The Morgan fingerprint density at radius 2 is 1.10 bits per heavy atom. The van der Waals surface area contributed by atoms with Crippen LogP contribution >= 0.6 is 7.82 Å². The predicted molar refractivity (Wildman–Crippen MR) is 201 cm³/mol. The first-order valence-electron chi connectivity index (χ1n) is 19.5. The SMILES string of the molecule is CCCCCC/C=C/C=C/CCCCCCCC(=O)O[C@H](CO/C=C/CCCCCCCCCCCCCC)COP(=O)(O)OCCN. The topological polar surface area (TPSA) is 117 Å². The van der Waals surface area contributed by atoms with Gasteiger partial charge in [0.1, 0.15) is 6.61 Å². The third-order valence-corrected chi connectivity index (χ3v) is 9.14. The van der Waals surface area contributed by atoms with Gasteiger partial charge in [-0.1, -0.05) is 147 Å². The summed E-state index contributed by atoms with van der Waals surface area (Å²) in [6.45, 7) is 4.20. The van der Waals surface area contributed by atoms with Crippen molar-refractivity contribution < 1.29 is 32.8 Å². The van der Waals surface area contributed by atoms with Gasteiger partial charge >= 0.3 is 13.8 Å². The van der Waals surface area contributed by atoms with Crippen molar-refractivity contribution in [1.82, 2.24) is 0 Å². The summed E-state index contributed by atoms with van der Waals surface area (Å²) < 4.78 is 33.1. The number of carbonyl (C=O) groups is 1. The molecule has 282 valence electrons. The van der Waals surface area contributed by atoms with Crippen molar-refractivity contribution in [2.75, 3.05) is 26.4 Å². The largest absolute Gasteiger partial charge is 0.498 e. The molecule has 9 heteroatoms. The molecular formula is C39H74NO7P. The minimum Gasteiger partial charge on any atom is -0.498 e. The van der Waals surface area contributed by atoms with E-state index < -0.39 is 13.9 Å². The molecule has 0 amide bonds. The number of ether oxygens (including phenoxy) is 2. The first-order chi connectivity index (χ1) is 23.4. The summed E-state index contributed by atoms with van der Waals surface area (Å²) in [5, 5.41) is 0. The zero-order chi connectivity index (χ0) is 35.2. The first kappa shape index (κ1) is 46.6. The molecule has 48 heavy (non-hydrogen) atoms. The predicted octanol–water partition coefficient (Wildman–Crippen LogP) is 11.4. The zero-order valence-electron chi connectivity index (χ0n) is 31.0. The summed E-state index contributed by atoms with van der Waals surface area (Å²) in [6.07, 6.45) is 41.0. The molecule has 0 saturated carbocycles. The molecular weight excluding hydrogens is 625 g/mol. The number of phosphoric ester groups is 1. The lowest BCUT2D eigenvalue weighted by molar-refractivity contribution is -0.153. The highest BCUT2D eigenvalue weighted by molar-refractivity contribution is 7.47. The number of hydrogen-bond donors (Lipinski definition) is 2. The fourth-order valence-corrected chi connectivity index (χ4v) is 6.01. The molecule has 3 N–H and O–H groups in total. The van der Waals surface area contributed by atoms with Crippen LogP contribution in [0.4, 0.5) is 0 Å². The third kappa shape index (κ3) is 35.9. The Morgan fingerprint density at radius 3 is 1.62 bits per heavy atom. The first-order valence-corrected chi connectivity index (χ1v) is 21.0. The normalized spacial score (nSPS) is 13.9. The van der Waals surface area contributed by atoms with Crippen LogP contribution in [-0.2, 0) is 27.9 Å². The van der Waals surface area contributed by atoms with Crippen LogP contribution < -0.4 is 5.73 Å². The number of phosphoric acid groups is 1.